The number of unbranched alkanes of at least 4 members (excludes halogenated alkanes) is 2. The Hall–Kier alpha value is -2.12. The van der Waals surface area contributed by atoms with E-state index in [-0.39, 0.29) is 0 Å². The average Bonchev–Trinajstić information content (AvgIpc) is 2.71. The molecule has 0 amide bonds. The Labute approximate surface area is 165 Å². The van der Waals surface area contributed by atoms with E-state index in [2.05, 4.69) is 86.7 Å². The summed E-state index contributed by atoms with van der Waals surface area (Å²) in [7, 11) is 0. The third kappa shape index (κ3) is 7.97. The Bertz CT molecular complexity index is 650. The highest BCUT2D eigenvalue weighted by molar-refractivity contribution is 5.54. The molecule has 1 heteroatoms. The minimum Gasteiger partial charge on any atom is -0.373 e. The second kappa shape index (κ2) is 13.1. The Balaban J connectivity index is 1.78. The van der Waals surface area contributed by atoms with Gasteiger partial charge in [-0.3, -0.25) is 0 Å². The molecule has 2 aromatic carbocycles. The maximum Gasteiger partial charge on any atom is 0.0655 e. The second-order valence-electron chi connectivity index (χ2n) is 6.95. The fourth-order valence-electron chi connectivity index (χ4n) is 3.14. The van der Waals surface area contributed by atoms with Crippen LogP contribution >= 0.6 is 0 Å². The van der Waals surface area contributed by atoms with Crippen molar-refractivity contribution in [3.8, 4) is 0 Å². The zero-order valence-electron chi connectivity index (χ0n) is 17.0. The molecule has 0 saturated heterocycles. The van der Waals surface area contributed by atoms with E-state index in [1.165, 1.54) is 47.9 Å². The highest BCUT2D eigenvalue weighted by Crippen LogP contribution is 2.15. The first-order valence-electron chi connectivity index (χ1n) is 10.4. The molecule has 2 aromatic rings. The number of hydrogen-bond donors (Lipinski definition) is 0. The molecule has 0 aliphatic rings. The van der Waals surface area contributed by atoms with Gasteiger partial charge in [0, 0.05) is 0 Å². The lowest BCUT2D eigenvalue weighted by atomic mass is 10.0. The molecule has 0 N–H and O–H groups in total. The Morgan fingerprint density at radius 1 is 0.667 bits per heavy atom. The van der Waals surface area contributed by atoms with E-state index >= 15 is 0 Å². The van der Waals surface area contributed by atoms with Gasteiger partial charge < -0.3 is 4.74 Å². The molecule has 0 fully saturated rings. The van der Waals surface area contributed by atoms with Crippen LogP contribution in [0.4, 0.5) is 0 Å². The van der Waals surface area contributed by atoms with Crippen LogP contribution in [0, 0.1) is 0 Å². The largest absolute Gasteiger partial charge is 0.373 e. The van der Waals surface area contributed by atoms with Gasteiger partial charge in [0.2, 0.25) is 0 Å². The lowest BCUT2D eigenvalue weighted by molar-refractivity contribution is 0.195. The van der Waals surface area contributed by atoms with Crippen molar-refractivity contribution in [3.63, 3.8) is 0 Å². The van der Waals surface area contributed by atoms with Gasteiger partial charge in [-0.2, -0.15) is 0 Å². The van der Waals surface area contributed by atoms with Gasteiger partial charge in [-0.15, -0.1) is 0 Å². The number of ether oxygens (including phenoxy) is 1. The monoisotopic (exact) mass is 362 g/mol. The molecule has 0 spiro atoms. The molecule has 0 radical (unpaired) electrons. The number of aryl methyl sites for hydroxylation is 2. The molecule has 0 aromatic heterocycles. The summed E-state index contributed by atoms with van der Waals surface area (Å²) >= 11 is 0. The van der Waals surface area contributed by atoms with Crippen LogP contribution < -0.4 is 0 Å². The zero-order chi connectivity index (χ0) is 19.2. The summed E-state index contributed by atoms with van der Waals surface area (Å²) in [6.07, 6.45) is 15.9. The summed E-state index contributed by atoms with van der Waals surface area (Å²) in [4.78, 5) is 0. The number of hydrogen-bond acceptors (Lipinski definition) is 1. The van der Waals surface area contributed by atoms with E-state index < -0.39 is 0 Å². The summed E-state index contributed by atoms with van der Waals surface area (Å²) in [6.45, 7) is 5.76. The van der Waals surface area contributed by atoms with Crippen LogP contribution in [0.25, 0.3) is 12.2 Å². The molecular formula is C26H34O. The maximum atomic E-state index is 5.75. The minimum absolute atomic E-state index is 0.643. The Morgan fingerprint density at radius 2 is 1.11 bits per heavy atom. The first-order chi connectivity index (χ1) is 13.3. The van der Waals surface area contributed by atoms with Gasteiger partial charge >= 0.3 is 0 Å². The lowest BCUT2D eigenvalue weighted by Gasteiger charge is -2.05. The Morgan fingerprint density at radius 3 is 1.56 bits per heavy atom. The quantitative estimate of drug-likeness (QED) is 0.365. The fraction of sp³-hybridized carbons (Fsp3) is 0.385. The molecule has 27 heavy (non-hydrogen) atoms. The second-order valence-corrected chi connectivity index (χ2v) is 6.95. The van der Waals surface area contributed by atoms with Crippen LogP contribution in [-0.4, -0.2) is 13.2 Å². The first-order valence-corrected chi connectivity index (χ1v) is 10.4. The average molecular weight is 363 g/mol. The van der Waals surface area contributed by atoms with Crippen LogP contribution in [0.2, 0.25) is 0 Å². The predicted octanol–water partition coefficient (Wildman–Crippen LogP) is 7.12. The van der Waals surface area contributed by atoms with Crippen molar-refractivity contribution in [3.05, 3.63) is 82.9 Å². The third-order valence-electron chi connectivity index (χ3n) is 4.73. The smallest absolute Gasteiger partial charge is 0.0655 e. The van der Waals surface area contributed by atoms with Crippen molar-refractivity contribution in [1.29, 1.82) is 0 Å². The van der Waals surface area contributed by atoms with Crippen LogP contribution in [-0.2, 0) is 17.6 Å². The molecule has 0 atom stereocenters. The van der Waals surface area contributed by atoms with Gasteiger partial charge in [-0.1, -0.05) is 99.5 Å². The third-order valence-corrected chi connectivity index (χ3v) is 4.73. The van der Waals surface area contributed by atoms with E-state index in [9.17, 15) is 0 Å². The topological polar surface area (TPSA) is 9.23 Å². The highest BCUT2D eigenvalue weighted by atomic mass is 16.5. The first kappa shape index (κ1) is 21.2. The van der Waals surface area contributed by atoms with Crippen molar-refractivity contribution >= 4 is 12.2 Å². The molecule has 2 rings (SSSR count). The van der Waals surface area contributed by atoms with Crippen molar-refractivity contribution in [2.24, 2.45) is 0 Å². The zero-order valence-corrected chi connectivity index (χ0v) is 17.0. The highest BCUT2D eigenvalue weighted by Gasteiger charge is 1.98. The molecular weight excluding hydrogens is 328 g/mol. The van der Waals surface area contributed by atoms with E-state index in [0.29, 0.717) is 13.2 Å². The lowest BCUT2D eigenvalue weighted by Crippen LogP contribution is -1.93. The maximum absolute atomic E-state index is 5.75. The molecule has 0 aliphatic carbocycles. The standard InChI is InChI=1S/C26H34O/c1-3-5-13-23-15-7-9-17-25(23)19-11-21-27-22-12-20-26-18-10-8-16-24(26)14-6-4-2/h7-12,15-20H,3-6,13-14,21-22H2,1-2H3. The number of benzene rings is 2. The summed E-state index contributed by atoms with van der Waals surface area (Å²) in [5.41, 5.74) is 5.49. The van der Waals surface area contributed by atoms with Crippen molar-refractivity contribution < 1.29 is 4.74 Å². The summed E-state index contributed by atoms with van der Waals surface area (Å²) < 4.78 is 5.75. The predicted molar refractivity (Wildman–Crippen MR) is 119 cm³/mol. The van der Waals surface area contributed by atoms with Gasteiger partial charge in [0.25, 0.3) is 0 Å². The number of rotatable bonds is 12. The Kier molecular flexibility index (Phi) is 10.3. The van der Waals surface area contributed by atoms with E-state index in [1.54, 1.807) is 0 Å². The molecule has 0 aliphatic heterocycles. The van der Waals surface area contributed by atoms with Crippen LogP contribution in [0.5, 0.6) is 0 Å². The molecule has 0 heterocycles. The fourth-order valence-corrected chi connectivity index (χ4v) is 3.14. The van der Waals surface area contributed by atoms with Crippen LogP contribution in [0.1, 0.15) is 61.8 Å². The van der Waals surface area contributed by atoms with E-state index in [4.69, 9.17) is 4.74 Å². The van der Waals surface area contributed by atoms with Gasteiger partial charge in [-0.05, 0) is 47.9 Å². The summed E-state index contributed by atoms with van der Waals surface area (Å²) in [5.74, 6) is 0. The minimum atomic E-state index is 0.643. The van der Waals surface area contributed by atoms with Gasteiger partial charge in [0.05, 0.1) is 13.2 Å². The van der Waals surface area contributed by atoms with Crippen molar-refractivity contribution in [2.45, 2.75) is 52.4 Å². The SMILES string of the molecule is CCCCc1ccccc1C=CCOCC=Cc1ccccc1CCCC. The van der Waals surface area contributed by atoms with Crippen molar-refractivity contribution in [1.82, 2.24) is 0 Å². The molecule has 0 bridgehead atoms. The van der Waals surface area contributed by atoms with E-state index in [1.807, 2.05) is 0 Å². The summed E-state index contributed by atoms with van der Waals surface area (Å²) in [5, 5.41) is 0. The van der Waals surface area contributed by atoms with E-state index in [0.717, 1.165) is 12.8 Å². The summed E-state index contributed by atoms with van der Waals surface area (Å²) in [6, 6.07) is 17.3. The molecule has 1 nitrogen and oxygen atoms in total. The molecule has 0 unspecified atom stereocenters. The van der Waals surface area contributed by atoms with Gasteiger partial charge in [0.1, 0.15) is 0 Å². The van der Waals surface area contributed by atoms with Gasteiger partial charge in [0.15, 0.2) is 0 Å². The van der Waals surface area contributed by atoms with Crippen molar-refractivity contribution in [2.75, 3.05) is 13.2 Å². The molecule has 144 valence electrons. The van der Waals surface area contributed by atoms with Gasteiger partial charge in [-0.25, -0.2) is 0 Å². The molecule has 0 saturated carbocycles. The van der Waals surface area contributed by atoms with Crippen LogP contribution in [0.15, 0.2) is 60.7 Å². The normalized spacial score (nSPS) is 11.6. The van der Waals surface area contributed by atoms with Crippen LogP contribution in [0.3, 0.4) is 0 Å².